The predicted octanol–water partition coefficient (Wildman–Crippen LogP) is 9.16. The van der Waals surface area contributed by atoms with Gasteiger partial charge in [0.15, 0.2) is 0 Å². The maximum absolute atomic E-state index is 12.9. The van der Waals surface area contributed by atoms with Gasteiger partial charge in [0.1, 0.15) is 23.0 Å². The molecule has 5 nitrogen and oxygen atoms in total. The molecule has 1 atom stereocenters. The average Bonchev–Trinajstić information content (AvgIpc) is 2.99. The zero-order valence-electron chi connectivity index (χ0n) is 25.6. The van der Waals surface area contributed by atoms with Crippen LogP contribution in [0.25, 0.3) is 0 Å². The number of methoxy groups -OCH3 is 2. The van der Waals surface area contributed by atoms with E-state index in [9.17, 15) is 8.42 Å². The molecule has 0 spiro atoms. The Balaban J connectivity index is 0.00000131. The highest BCUT2D eigenvalue weighted by Crippen LogP contribution is 2.34. The molecule has 0 radical (unpaired) electrons. The molecule has 4 aromatic rings. The van der Waals surface area contributed by atoms with E-state index in [-0.39, 0.29) is 25.1 Å². The second-order valence-corrected chi connectivity index (χ2v) is 11.3. The Bertz CT molecular complexity index is 1400. The number of rotatable bonds is 8. The Morgan fingerprint density at radius 1 is 0.561 bits per heavy atom. The lowest BCUT2D eigenvalue weighted by Crippen LogP contribution is -2.18. The molecule has 0 saturated carbocycles. The van der Waals surface area contributed by atoms with E-state index >= 15 is 0 Å². The Hall–Kier alpha value is -3.34. The van der Waals surface area contributed by atoms with Crippen molar-refractivity contribution in [3.05, 3.63) is 108 Å². The van der Waals surface area contributed by atoms with Crippen molar-refractivity contribution in [2.75, 3.05) is 14.2 Å². The van der Waals surface area contributed by atoms with Crippen LogP contribution in [0, 0.1) is 0 Å². The van der Waals surface area contributed by atoms with E-state index < -0.39 is 9.84 Å². The van der Waals surface area contributed by atoms with Crippen LogP contribution >= 0.6 is 9.90 Å². The number of hydrogen-bond donors (Lipinski definition) is 0. The lowest BCUT2D eigenvalue weighted by Gasteiger charge is -2.26. The van der Waals surface area contributed by atoms with Gasteiger partial charge in [-0.25, -0.2) is 8.42 Å². The number of benzene rings is 4. The van der Waals surface area contributed by atoms with E-state index in [0.29, 0.717) is 17.2 Å². The summed E-state index contributed by atoms with van der Waals surface area (Å²) in [5.41, 5.74) is 2.14. The van der Waals surface area contributed by atoms with E-state index in [4.69, 9.17) is 14.2 Å². The monoisotopic (exact) mass is 596 g/mol. The molecule has 0 aliphatic heterocycles. The molecule has 222 valence electrons. The van der Waals surface area contributed by atoms with Crippen molar-refractivity contribution < 1.29 is 22.6 Å². The predicted molar refractivity (Wildman–Crippen MR) is 175 cm³/mol. The summed E-state index contributed by atoms with van der Waals surface area (Å²) in [6, 6.07) is 28.8. The Morgan fingerprint density at radius 2 is 0.829 bits per heavy atom. The Labute approximate surface area is 250 Å². The first-order chi connectivity index (χ1) is 19.1. The first kappa shape index (κ1) is 35.7. The van der Waals surface area contributed by atoms with Crippen molar-refractivity contribution in [2.45, 2.75) is 63.2 Å². The first-order valence-electron chi connectivity index (χ1n) is 13.6. The highest BCUT2D eigenvalue weighted by atomic mass is 32.2. The minimum Gasteiger partial charge on any atom is -0.497 e. The molecule has 4 rings (SSSR count). The van der Waals surface area contributed by atoms with E-state index in [1.54, 1.807) is 43.5 Å². The van der Waals surface area contributed by atoms with Crippen LogP contribution in [0.3, 0.4) is 0 Å². The summed E-state index contributed by atoms with van der Waals surface area (Å²) in [6.45, 7) is 12.6. The molecule has 7 heteroatoms. The molecule has 0 fully saturated rings. The fraction of sp³-hybridized carbons (Fsp3) is 0.294. The normalized spacial score (nSPS) is 10.5. The second-order valence-electron chi connectivity index (χ2n) is 9.34. The Morgan fingerprint density at radius 3 is 1.15 bits per heavy atom. The van der Waals surface area contributed by atoms with Crippen molar-refractivity contribution in [2.24, 2.45) is 0 Å². The third-order valence-corrected chi connectivity index (χ3v) is 7.91. The third-order valence-electron chi connectivity index (χ3n) is 6.13. The van der Waals surface area contributed by atoms with Gasteiger partial charge in [-0.15, -0.1) is 0 Å². The molecule has 0 aliphatic carbocycles. The average molecular weight is 597 g/mol. The van der Waals surface area contributed by atoms with Crippen molar-refractivity contribution in [3.8, 4) is 23.0 Å². The zero-order valence-corrected chi connectivity index (χ0v) is 27.8. The van der Waals surface area contributed by atoms with Gasteiger partial charge in [-0.05, 0) is 83.9 Å². The topological polar surface area (TPSA) is 61.8 Å². The van der Waals surface area contributed by atoms with Crippen LogP contribution in [0.2, 0.25) is 0 Å². The van der Waals surface area contributed by atoms with Gasteiger partial charge < -0.3 is 14.2 Å². The molecule has 0 bridgehead atoms. The van der Waals surface area contributed by atoms with Crippen LogP contribution < -0.4 is 14.2 Å². The SMILES string of the molecule is CC.CCC.COc1ccc(C(C)(C)c2ccc(Oc3ccc(S(=O)(=O)c4ccc(OC)cc4)cc3)cc2)cc1.P. The lowest BCUT2D eigenvalue weighted by molar-refractivity contribution is 0.414. The van der Waals surface area contributed by atoms with Gasteiger partial charge in [-0.3, -0.25) is 0 Å². The molecular weight excluding hydrogens is 551 g/mol. The summed E-state index contributed by atoms with van der Waals surface area (Å²) < 4.78 is 42.1. The van der Waals surface area contributed by atoms with Crippen LogP contribution in [0.5, 0.6) is 23.0 Å². The third kappa shape index (κ3) is 9.34. The number of ether oxygens (including phenoxy) is 3. The number of sulfone groups is 1. The van der Waals surface area contributed by atoms with Crippen LogP contribution in [0.1, 0.15) is 59.1 Å². The summed E-state index contributed by atoms with van der Waals surface area (Å²) >= 11 is 0. The lowest BCUT2D eigenvalue weighted by atomic mass is 9.78. The van der Waals surface area contributed by atoms with E-state index in [1.807, 2.05) is 50.2 Å². The summed E-state index contributed by atoms with van der Waals surface area (Å²) in [4.78, 5) is 0.411. The standard InChI is InChI=1S/C29H28O5S.C3H8.C2H6.H3P/c1-29(2,21-5-9-23(32-3)10-6-21)22-7-11-25(12-8-22)34-26-15-19-28(20-16-26)35(30,31)27-17-13-24(33-4)14-18-27;1-3-2;1-2;/h5-20H,1-4H3;3H2,1-2H3;1-2H3;1H3. The Kier molecular flexibility index (Phi) is 14.6. The molecule has 0 aliphatic rings. The van der Waals surface area contributed by atoms with Crippen molar-refractivity contribution in [1.82, 2.24) is 0 Å². The van der Waals surface area contributed by atoms with Gasteiger partial charge in [-0.2, -0.15) is 9.90 Å². The van der Waals surface area contributed by atoms with Gasteiger partial charge in [-0.1, -0.05) is 72.2 Å². The molecule has 1 unspecified atom stereocenters. The molecule has 0 N–H and O–H groups in total. The zero-order chi connectivity index (χ0) is 29.8. The van der Waals surface area contributed by atoms with Crippen LogP contribution in [0.15, 0.2) is 107 Å². The molecule has 0 heterocycles. The van der Waals surface area contributed by atoms with E-state index in [0.717, 1.165) is 11.3 Å². The fourth-order valence-electron chi connectivity index (χ4n) is 3.83. The summed E-state index contributed by atoms with van der Waals surface area (Å²) in [6.07, 6.45) is 1.25. The van der Waals surface area contributed by atoms with E-state index in [2.05, 4.69) is 39.8 Å². The van der Waals surface area contributed by atoms with Crippen molar-refractivity contribution >= 4 is 19.7 Å². The van der Waals surface area contributed by atoms with Crippen molar-refractivity contribution in [1.29, 1.82) is 0 Å². The highest BCUT2D eigenvalue weighted by Gasteiger charge is 2.23. The molecular formula is C34H45O5PS. The molecule has 0 aromatic heterocycles. The van der Waals surface area contributed by atoms with Gasteiger partial charge in [0.2, 0.25) is 9.84 Å². The minimum atomic E-state index is -3.63. The minimum absolute atomic E-state index is 0. The molecule has 4 aromatic carbocycles. The summed E-state index contributed by atoms with van der Waals surface area (Å²) in [5, 5.41) is 0. The second kappa shape index (κ2) is 16.8. The van der Waals surface area contributed by atoms with Crippen LogP contribution in [-0.4, -0.2) is 22.6 Å². The van der Waals surface area contributed by atoms with Crippen LogP contribution in [-0.2, 0) is 15.3 Å². The van der Waals surface area contributed by atoms with Gasteiger partial charge in [0.05, 0.1) is 24.0 Å². The van der Waals surface area contributed by atoms with Crippen molar-refractivity contribution in [3.63, 3.8) is 0 Å². The van der Waals surface area contributed by atoms with Gasteiger partial charge in [0.25, 0.3) is 0 Å². The molecule has 41 heavy (non-hydrogen) atoms. The maximum atomic E-state index is 12.9. The molecule has 0 amide bonds. The first-order valence-corrected chi connectivity index (χ1v) is 15.1. The fourth-order valence-corrected chi connectivity index (χ4v) is 5.09. The van der Waals surface area contributed by atoms with E-state index in [1.165, 1.54) is 31.2 Å². The largest absolute Gasteiger partial charge is 0.497 e. The summed E-state index contributed by atoms with van der Waals surface area (Å²) in [5.74, 6) is 2.66. The highest BCUT2D eigenvalue weighted by molar-refractivity contribution is 7.91. The smallest absolute Gasteiger partial charge is 0.206 e. The quantitative estimate of drug-likeness (QED) is 0.190. The summed E-state index contributed by atoms with van der Waals surface area (Å²) in [7, 11) is -0.427. The number of hydrogen-bond acceptors (Lipinski definition) is 5. The maximum Gasteiger partial charge on any atom is 0.206 e. The van der Waals surface area contributed by atoms with Crippen LogP contribution in [0.4, 0.5) is 0 Å². The van der Waals surface area contributed by atoms with Gasteiger partial charge >= 0.3 is 0 Å². The molecule has 0 saturated heterocycles. The van der Waals surface area contributed by atoms with Gasteiger partial charge in [0, 0.05) is 5.41 Å².